The zero-order valence-electron chi connectivity index (χ0n) is 11.5. The molecule has 4 heterocycles. The minimum atomic E-state index is 0.00229. The Balaban J connectivity index is 1.56. The summed E-state index contributed by atoms with van der Waals surface area (Å²) < 4.78 is 0. The van der Waals surface area contributed by atoms with E-state index in [0.717, 1.165) is 25.7 Å². The maximum absolute atomic E-state index is 12.6. The molecule has 2 atom stereocenters. The molecule has 0 spiro atoms. The van der Waals surface area contributed by atoms with Crippen molar-refractivity contribution in [3.63, 3.8) is 0 Å². The second kappa shape index (κ2) is 4.91. The lowest BCUT2D eigenvalue weighted by atomic mass is 9.97. The molecule has 7 heteroatoms. The van der Waals surface area contributed by atoms with Gasteiger partial charge in [0.2, 0.25) is 0 Å². The Morgan fingerprint density at radius 2 is 1.71 bits per heavy atom. The van der Waals surface area contributed by atoms with E-state index < -0.39 is 0 Å². The fraction of sp³-hybridized carbons (Fsp3) is 0.500. The first kappa shape index (κ1) is 12.4. The maximum atomic E-state index is 12.6. The van der Waals surface area contributed by atoms with E-state index in [1.165, 1.54) is 0 Å². The van der Waals surface area contributed by atoms with E-state index in [9.17, 15) is 4.79 Å². The van der Waals surface area contributed by atoms with E-state index in [2.05, 4.69) is 20.2 Å². The Hall–Kier alpha value is -2.31. The first-order valence-corrected chi connectivity index (χ1v) is 7.27. The number of carbonyl (C=O) groups is 1. The van der Waals surface area contributed by atoms with Gasteiger partial charge in [-0.25, -0.2) is 4.98 Å². The van der Waals surface area contributed by atoms with Gasteiger partial charge in [-0.1, -0.05) is 0 Å². The monoisotopic (exact) mass is 284 g/mol. The van der Waals surface area contributed by atoms with Crippen molar-refractivity contribution in [2.24, 2.45) is 0 Å². The Morgan fingerprint density at radius 3 is 2.33 bits per heavy atom. The average molecular weight is 284 g/mol. The highest BCUT2D eigenvalue weighted by molar-refractivity contribution is 5.92. The molecule has 1 amide bonds. The van der Waals surface area contributed by atoms with E-state index in [4.69, 9.17) is 0 Å². The minimum Gasteiger partial charge on any atom is -0.331 e. The molecule has 2 bridgehead atoms. The van der Waals surface area contributed by atoms with Crippen LogP contribution in [0.5, 0.6) is 0 Å². The largest absolute Gasteiger partial charge is 0.331 e. The number of amides is 1. The molecule has 2 fully saturated rings. The van der Waals surface area contributed by atoms with Crippen LogP contribution in [0, 0.1) is 0 Å². The van der Waals surface area contributed by atoms with Gasteiger partial charge >= 0.3 is 0 Å². The first-order valence-electron chi connectivity index (χ1n) is 7.27. The molecule has 21 heavy (non-hydrogen) atoms. The summed E-state index contributed by atoms with van der Waals surface area (Å²) in [4.78, 5) is 24.6. The number of fused-ring (bicyclic) bond motifs is 2. The Morgan fingerprint density at radius 1 is 1.00 bits per heavy atom. The predicted molar refractivity (Wildman–Crippen MR) is 73.3 cm³/mol. The quantitative estimate of drug-likeness (QED) is 0.824. The van der Waals surface area contributed by atoms with E-state index >= 15 is 0 Å². The van der Waals surface area contributed by atoms with Crippen LogP contribution < -0.4 is 0 Å². The van der Waals surface area contributed by atoms with Gasteiger partial charge in [0.25, 0.3) is 5.91 Å². The van der Waals surface area contributed by atoms with E-state index in [-0.39, 0.29) is 18.0 Å². The lowest BCUT2D eigenvalue weighted by Gasteiger charge is -2.38. The van der Waals surface area contributed by atoms with Crippen molar-refractivity contribution in [1.82, 2.24) is 29.9 Å². The summed E-state index contributed by atoms with van der Waals surface area (Å²) in [5, 5.41) is 8.49. The van der Waals surface area contributed by atoms with Gasteiger partial charge in [-0.15, -0.1) is 0 Å². The van der Waals surface area contributed by atoms with Crippen molar-refractivity contribution in [3.05, 3.63) is 36.7 Å². The lowest BCUT2D eigenvalue weighted by molar-refractivity contribution is 0.0506. The zero-order valence-corrected chi connectivity index (χ0v) is 11.5. The van der Waals surface area contributed by atoms with Gasteiger partial charge in [-0.05, 0) is 25.7 Å². The molecule has 4 rings (SSSR count). The molecule has 0 N–H and O–H groups in total. The van der Waals surface area contributed by atoms with Crippen LogP contribution in [-0.2, 0) is 0 Å². The average Bonchev–Trinajstić information content (AvgIpc) is 3.14. The van der Waals surface area contributed by atoms with Crippen molar-refractivity contribution in [2.75, 3.05) is 0 Å². The van der Waals surface area contributed by atoms with Crippen LogP contribution in [0.2, 0.25) is 0 Å². The first-order chi connectivity index (χ1) is 10.3. The summed E-state index contributed by atoms with van der Waals surface area (Å²) in [7, 11) is 0. The summed E-state index contributed by atoms with van der Waals surface area (Å²) in [5.41, 5.74) is 0.435. The number of rotatable bonds is 2. The van der Waals surface area contributed by atoms with Crippen LogP contribution >= 0.6 is 0 Å². The fourth-order valence-corrected chi connectivity index (χ4v) is 3.62. The molecule has 0 aliphatic carbocycles. The molecule has 2 saturated heterocycles. The molecule has 2 aliphatic rings. The minimum absolute atomic E-state index is 0.00229. The van der Waals surface area contributed by atoms with Crippen molar-refractivity contribution in [2.45, 2.75) is 43.8 Å². The van der Waals surface area contributed by atoms with Crippen LogP contribution in [0.15, 0.2) is 31.0 Å². The fourth-order valence-electron chi connectivity index (χ4n) is 3.62. The molecule has 108 valence electrons. The maximum Gasteiger partial charge on any atom is 0.274 e. The van der Waals surface area contributed by atoms with Crippen molar-refractivity contribution < 1.29 is 4.79 Å². The van der Waals surface area contributed by atoms with Crippen molar-refractivity contribution in [3.8, 4) is 0 Å². The number of aromatic nitrogens is 5. The second-order valence-electron chi connectivity index (χ2n) is 5.66. The highest BCUT2D eigenvalue weighted by atomic mass is 16.2. The van der Waals surface area contributed by atoms with Gasteiger partial charge in [0.15, 0.2) is 0 Å². The highest BCUT2D eigenvalue weighted by Gasteiger charge is 2.44. The van der Waals surface area contributed by atoms with Crippen LogP contribution in [-0.4, -0.2) is 47.9 Å². The third-order valence-electron chi connectivity index (χ3n) is 4.49. The number of hydrogen-bond acceptors (Lipinski definition) is 5. The topological polar surface area (TPSA) is 76.8 Å². The molecule has 2 unspecified atom stereocenters. The van der Waals surface area contributed by atoms with Gasteiger partial charge in [0, 0.05) is 24.5 Å². The molecule has 0 saturated carbocycles. The van der Waals surface area contributed by atoms with Crippen LogP contribution in [0.4, 0.5) is 0 Å². The van der Waals surface area contributed by atoms with Gasteiger partial charge in [0.1, 0.15) is 5.69 Å². The van der Waals surface area contributed by atoms with E-state index in [1.54, 1.807) is 35.8 Å². The van der Waals surface area contributed by atoms with E-state index in [1.807, 2.05) is 4.90 Å². The summed E-state index contributed by atoms with van der Waals surface area (Å²) in [6, 6.07) is 0.812. The standard InChI is InChI=1S/C14H16N6O/c21-14(13-9-15-3-4-16-13)19-10-1-2-11(19)8-12(7-10)20-17-5-6-18-20/h3-6,9-12H,1-2,7-8H2. The Labute approximate surface area is 122 Å². The Bertz CT molecular complexity index is 614. The van der Waals surface area contributed by atoms with Crippen molar-refractivity contribution in [1.29, 1.82) is 0 Å². The Kier molecular flexibility index (Phi) is 2.90. The smallest absolute Gasteiger partial charge is 0.274 e. The molecule has 7 nitrogen and oxygen atoms in total. The molecule has 2 aliphatic heterocycles. The van der Waals surface area contributed by atoms with Gasteiger partial charge in [-0.3, -0.25) is 9.78 Å². The number of piperidine rings is 1. The summed E-state index contributed by atoms with van der Waals surface area (Å²) >= 11 is 0. The predicted octanol–water partition coefficient (Wildman–Crippen LogP) is 1.08. The number of nitrogens with zero attached hydrogens (tertiary/aromatic N) is 6. The molecular weight excluding hydrogens is 268 g/mol. The third-order valence-corrected chi connectivity index (χ3v) is 4.49. The summed E-state index contributed by atoms with van der Waals surface area (Å²) in [6.45, 7) is 0. The third kappa shape index (κ3) is 2.09. The van der Waals surface area contributed by atoms with Crippen LogP contribution in [0.25, 0.3) is 0 Å². The summed E-state index contributed by atoms with van der Waals surface area (Å²) in [5.74, 6) is 0.00229. The molecule has 2 aromatic heterocycles. The molecular formula is C14H16N6O. The van der Waals surface area contributed by atoms with Crippen molar-refractivity contribution >= 4 is 5.91 Å². The van der Waals surface area contributed by atoms with Gasteiger partial charge < -0.3 is 4.90 Å². The van der Waals surface area contributed by atoms with E-state index in [0.29, 0.717) is 11.7 Å². The second-order valence-corrected chi connectivity index (χ2v) is 5.66. The van der Waals surface area contributed by atoms with Gasteiger partial charge in [-0.2, -0.15) is 15.0 Å². The summed E-state index contributed by atoms with van der Waals surface area (Å²) in [6.07, 6.45) is 12.0. The number of carbonyl (C=O) groups excluding carboxylic acids is 1. The SMILES string of the molecule is O=C(c1cnccn1)N1C2CCC1CC(n1nccn1)C2. The van der Waals surface area contributed by atoms with Gasteiger partial charge in [0.05, 0.1) is 24.6 Å². The van der Waals surface area contributed by atoms with Crippen LogP contribution in [0.3, 0.4) is 0 Å². The molecule has 2 aromatic rings. The highest BCUT2D eigenvalue weighted by Crippen LogP contribution is 2.40. The number of hydrogen-bond donors (Lipinski definition) is 0. The zero-order chi connectivity index (χ0) is 14.2. The molecule has 0 aromatic carbocycles. The normalized spacial score (nSPS) is 27.8. The molecule has 0 radical (unpaired) electrons. The van der Waals surface area contributed by atoms with Crippen LogP contribution in [0.1, 0.15) is 42.2 Å². The lowest BCUT2D eigenvalue weighted by Crippen LogP contribution is -2.47.